The van der Waals surface area contributed by atoms with Gasteiger partial charge in [0.15, 0.2) is 0 Å². The Morgan fingerprint density at radius 3 is 2.28 bits per heavy atom. The van der Waals surface area contributed by atoms with E-state index in [4.69, 9.17) is 19.8 Å². The Kier molecular flexibility index (Phi) is 11.3. The van der Waals surface area contributed by atoms with Gasteiger partial charge in [0.05, 0.1) is 6.23 Å². The maximum atomic E-state index is 12.6. The van der Waals surface area contributed by atoms with Crippen LogP contribution in [-0.2, 0) is 25.4 Å². The molecule has 1 rings (SSSR count). The molecule has 3 N–H and O–H groups in total. The van der Waals surface area contributed by atoms with Crippen molar-refractivity contribution in [3.63, 3.8) is 0 Å². The Morgan fingerprint density at radius 2 is 1.72 bits per heavy atom. The van der Waals surface area contributed by atoms with Crippen molar-refractivity contribution in [3.05, 3.63) is 35.9 Å². The molecule has 0 bridgehead atoms. The molecule has 0 aliphatic rings. The summed E-state index contributed by atoms with van der Waals surface area (Å²) < 4.78 is 16.1. The van der Waals surface area contributed by atoms with E-state index in [1.54, 1.807) is 0 Å². The number of benzene rings is 1. The van der Waals surface area contributed by atoms with Crippen LogP contribution in [0.2, 0.25) is 0 Å². The molecule has 1 aromatic carbocycles. The van der Waals surface area contributed by atoms with Crippen molar-refractivity contribution in [1.82, 2.24) is 4.90 Å². The molecule has 2 atom stereocenters. The molecule has 29 heavy (non-hydrogen) atoms. The van der Waals surface area contributed by atoms with E-state index >= 15 is 0 Å². The number of aliphatic carboxylic acids is 1. The van der Waals surface area contributed by atoms with Gasteiger partial charge in [-0.3, -0.25) is 4.90 Å². The molecule has 9 heteroatoms. The van der Waals surface area contributed by atoms with Gasteiger partial charge in [0.2, 0.25) is 0 Å². The highest BCUT2D eigenvalue weighted by molar-refractivity contribution is 6.18. The minimum Gasteiger partial charge on any atom is -0.480 e. The summed E-state index contributed by atoms with van der Waals surface area (Å²) in [6.45, 7) is 7.60. The predicted octanol–water partition coefficient (Wildman–Crippen LogP) is 2.71. The van der Waals surface area contributed by atoms with E-state index in [-0.39, 0.29) is 33.4 Å². The predicted molar refractivity (Wildman–Crippen MR) is 111 cm³/mol. The van der Waals surface area contributed by atoms with E-state index < -0.39 is 24.3 Å². The maximum Gasteiger partial charge on any atom is 0.440 e. The number of carbonyl (C=O) groups excluding carboxylic acids is 1. The van der Waals surface area contributed by atoms with Gasteiger partial charge in [-0.2, -0.15) is 0 Å². The number of carbonyl (C=O) groups is 2. The van der Waals surface area contributed by atoms with E-state index in [1.165, 1.54) is 0 Å². The number of carboxylic acids is 1. The summed E-state index contributed by atoms with van der Waals surface area (Å²) in [6, 6.07) is 8.10. The van der Waals surface area contributed by atoms with Crippen LogP contribution < -0.4 is 5.73 Å². The van der Waals surface area contributed by atoms with Crippen LogP contribution >= 0.6 is 0 Å². The largest absolute Gasteiger partial charge is 0.480 e. The van der Waals surface area contributed by atoms with Gasteiger partial charge < -0.3 is 24.9 Å². The lowest BCUT2D eigenvalue weighted by Crippen LogP contribution is -2.47. The molecule has 0 aliphatic heterocycles. The highest BCUT2D eigenvalue weighted by atomic mass is 16.6. The Balaban J connectivity index is 2.71. The zero-order valence-corrected chi connectivity index (χ0v) is 17.7. The molecule has 0 fully saturated rings. The van der Waals surface area contributed by atoms with Crippen LogP contribution in [0.4, 0.5) is 4.79 Å². The van der Waals surface area contributed by atoms with Crippen molar-refractivity contribution in [1.29, 1.82) is 0 Å². The number of amides is 1. The number of nitrogens with zero attached hydrogens (tertiary/aromatic N) is 1. The first-order valence-corrected chi connectivity index (χ1v) is 9.85. The number of hydrogen-bond donors (Lipinski definition) is 2. The second-order valence-corrected chi connectivity index (χ2v) is 7.78. The van der Waals surface area contributed by atoms with E-state index in [0.29, 0.717) is 12.3 Å². The SMILES string of the molecule is CC(C)C[C@H](N)OBOCN(C(=O)OCc1ccccc1)[C@@H](CC(C)C)C(=O)O. The van der Waals surface area contributed by atoms with Crippen molar-refractivity contribution in [2.45, 2.75) is 59.4 Å². The van der Waals surface area contributed by atoms with E-state index in [0.717, 1.165) is 10.5 Å². The van der Waals surface area contributed by atoms with Gasteiger partial charge in [-0.15, -0.1) is 0 Å². The van der Waals surface area contributed by atoms with Gasteiger partial charge in [-0.05, 0) is 30.2 Å². The van der Waals surface area contributed by atoms with Gasteiger partial charge in [0, 0.05) is 0 Å². The van der Waals surface area contributed by atoms with Gasteiger partial charge in [-0.25, -0.2) is 9.59 Å². The summed E-state index contributed by atoms with van der Waals surface area (Å²) in [5.74, 6) is -0.676. The van der Waals surface area contributed by atoms with Crippen LogP contribution in [0.5, 0.6) is 0 Å². The highest BCUT2D eigenvalue weighted by Gasteiger charge is 2.31. The van der Waals surface area contributed by atoms with Gasteiger partial charge in [-0.1, -0.05) is 58.0 Å². The smallest absolute Gasteiger partial charge is 0.440 e. The summed E-state index contributed by atoms with van der Waals surface area (Å²) in [7, 11) is -0.148. The molecule has 0 saturated heterocycles. The number of nitrogens with two attached hydrogens (primary N) is 1. The molecule has 0 aromatic heterocycles. The monoisotopic (exact) mass is 408 g/mol. The lowest BCUT2D eigenvalue weighted by molar-refractivity contribution is -0.144. The number of hydrogen-bond acceptors (Lipinski definition) is 6. The van der Waals surface area contributed by atoms with Crippen LogP contribution in [0.3, 0.4) is 0 Å². The number of ether oxygens (including phenoxy) is 1. The van der Waals surface area contributed by atoms with Crippen molar-refractivity contribution in [2.24, 2.45) is 17.6 Å². The summed E-state index contributed by atoms with van der Waals surface area (Å²) in [5.41, 5.74) is 6.64. The molecular formula is C20H33BN2O6. The number of rotatable bonds is 13. The first-order chi connectivity index (χ1) is 13.7. The third kappa shape index (κ3) is 10.3. The molecular weight excluding hydrogens is 375 g/mol. The Labute approximate surface area is 173 Å². The fourth-order valence-electron chi connectivity index (χ4n) is 2.68. The lowest BCUT2D eigenvalue weighted by Gasteiger charge is -2.29. The fraction of sp³-hybridized carbons (Fsp3) is 0.600. The molecule has 1 aromatic rings. The summed E-state index contributed by atoms with van der Waals surface area (Å²) in [6.07, 6.45) is -0.308. The quantitative estimate of drug-likeness (QED) is 0.293. The number of carboxylic acid groups (broad SMARTS) is 1. The summed E-state index contributed by atoms with van der Waals surface area (Å²) in [4.78, 5) is 25.4. The van der Waals surface area contributed by atoms with Crippen LogP contribution in [0.1, 0.15) is 46.1 Å². The molecule has 0 saturated carbocycles. The Hall–Kier alpha value is -2.10. The molecule has 1 amide bonds. The average molecular weight is 408 g/mol. The first-order valence-electron chi connectivity index (χ1n) is 9.85. The van der Waals surface area contributed by atoms with Crippen LogP contribution in [-0.4, -0.2) is 48.8 Å². The lowest BCUT2D eigenvalue weighted by atomic mass is 10.0. The summed E-state index contributed by atoms with van der Waals surface area (Å²) in [5, 5.41) is 9.61. The minimum absolute atomic E-state index is 0.0416. The molecule has 8 nitrogen and oxygen atoms in total. The fourth-order valence-corrected chi connectivity index (χ4v) is 2.68. The second kappa shape index (κ2) is 13.2. The van der Waals surface area contributed by atoms with Crippen LogP contribution in [0, 0.1) is 11.8 Å². The molecule has 0 aliphatic carbocycles. The standard InChI is InChI=1S/C20H33BN2O6/c1-14(2)10-17(19(24)25)23(13-28-21-29-18(22)11-15(3)4)20(26)27-12-16-8-6-5-7-9-16/h5-9,14-15,17-18,21H,10-13,22H2,1-4H3,(H,24,25)/t17-,18+/m0/s1. The molecule has 0 unspecified atom stereocenters. The van der Waals surface area contributed by atoms with Crippen molar-refractivity contribution in [2.75, 3.05) is 6.73 Å². The second-order valence-electron chi connectivity index (χ2n) is 7.78. The Morgan fingerprint density at radius 1 is 1.10 bits per heavy atom. The van der Waals surface area contributed by atoms with E-state index in [9.17, 15) is 14.7 Å². The summed E-state index contributed by atoms with van der Waals surface area (Å²) >= 11 is 0. The Bertz CT molecular complexity index is 614. The zero-order chi connectivity index (χ0) is 21.8. The van der Waals surface area contributed by atoms with Crippen LogP contribution in [0.25, 0.3) is 0 Å². The van der Waals surface area contributed by atoms with E-state index in [2.05, 4.69) is 0 Å². The molecule has 0 heterocycles. The first kappa shape index (κ1) is 24.9. The minimum atomic E-state index is -1.11. The molecule has 0 spiro atoms. The maximum absolute atomic E-state index is 12.6. The third-order valence-electron chi connectivity index (χ3n) is 4.10. The molecule has 162 valence electrons. The van der Waals surface area contributed by atoms with Gasteiger partial charge in [0.25, 0.3) is 0 Å². The van der Waals surface area contributed by atoms with E-state index in [1.807, 2.05) is 58.0 Å². The van der Waals surface area contributed by atoms with Gasteiger partial charge >= 0.3 is 19.7 Å². The van der Waals surface area contributed by atoms with Crippen molar-refractivity contribution >= 4 is 19.7 Å². The normalized spacial score (nSPS) is 13.2. The van der Waals surface area contributed by atoms with Crippen molar-refractivity contribution in [3.8, 4) is 0 Å². The van der Waals surface area contributed by atoms with Crippen molar-refractivity contribution < 1.29 is 28.7 Å². The van der Waals surface area contributed by atoms with Gasteiger partial charge in [0.1, 0.15) is 19.4 Å². The average Bonchev–Trinajstić information content (AvgIpc) is 2.64. The zero-order valence-electron chi connectivity index (χ0n) is 17.7. The topological polar surface area (TPSA) is 111 Å². The highest BCUT2D eigenvalue weighted by Crippen LogP contribution is 2.15. The molecule has 0 radical (unpaired) electrons. The van der Waals surface area contributed by atoms with Crippen LogP contribution in [0.15, 0.2) is 30.3 Å². The third-order valence-corrected chi connectivity index (χ3v) is 4.10.